The molecule has 1 atom stereocenters. The molecule has 11 heavy (non-hydrogen) atoms. The van der Waals surface area contributed by atoms with Crippen molar-refractivity contribution >= 4 is 11.8 Å². The predicted molar refractivity (Wildman–Crippen MR) is 52.0 cm³/mol. The normalized spacial score (nSPS) is 27.3. The Morgan fingerprint density at radius 3 is 3.09 bits per heavy atom. The number of thioether (sulfide) groups is 1. The minimum absolute atomic E-state index is 0.436. The van der Waals surface area contributed by atoms with Crippen LogP contribution >= 0.6 is 11.8 Å². The minimum Gasteiger partial charge on any atom is -0.327 e. The van der Waals surface area contributed by atoms with Crippen LogP contribution in [0.2, 0.25) is 0 Å². The SMILES string of the molecule is CSCCN1CCC[C@H](N)C1. The first-order chi connectivity index (χ1) is 5.33. The van der Waals surface area contributed by atoms with Crippen molar-refractivity contribution in [2.24, 2.45) is 5.73 Å². The minimum atomic E-state index is 0.436. The van der Waals surface area contributed by atoms with Gasteiger partial charge in [-0.3, -0.25) is 0 Å². The maximum atomic E-state index is 5.85. The van der Waals surface area contributed by atoms with Crippen LogP contribution in [0.3, 0.4) is 0 Å². The van der Waals surface area contributed by atoms with Crippen molar-refractivity contribution < 1.29 is 0 Å². The third kappa shape index (κ3) is 3.45. The lowest BCUT2D eigenvalue weighted by molar-refractivity contribution is 0.221. The number of hydrogen-bond acceptors (Lipinski definition) is 3. The number of nitrogens with zero attached hydrogens (tertiary/aromatic N) is 1. The molecule has 1 aliphatic heterocycles. The van der Waals surface area contributed by atoms with Gasteiger partial charge in [-0.15, -0.1) is 0 Å². The molecule has 0 unspecified atom stereocenters. The lowest BCUT2D eigenvalue weighted by Crippen LogP contribution is -2.43. The Labute approximate surface area is 73.5 Å². The Bertz CT molecular complexity index is 108. The van der Waals surface area contributed by atoms with Crippen molar-refractivity contribution in [2.45, 2.75) is 18.9 Å². The smallest absolute Gasteiger partial charge is 0.0168 e. The van der Waals surface area contributed by atoms with Gasteiger partial charge in [0.15, 0.2) is 0 Å². The maximum Gasteiger partial charge on any atom is 0.0168 e. The maximum absolute atomic E-state index is 5.85. The molecule has 66 valence electrons. The van der Waals surface area contributed by atoms with Crippen molar-refractivity contribution in [3.05, 3.63) is 0 Å². The van der Waals surface area contributed by atoms with Gasteiger partial charge in [-0.05, 0) is 25.6 Å². The highest BCUT2D eigenvalue weighted by molar-refractivity contribution is 7.98. The second-order valence-electron chi connectivity index (χ2n) is 3.20. The summed E-state index contributed by atoms with van der Waals surface area (Å²) in [6.07, 6.45) is 4.66. The van der Waals surface area contributed by atoms with E-state index in [0.717, 1.165) is 6.54 Å². The molecule has 2 nitrogen and oxygen atoms in total. The molecular weight excluding hydrogens is 156 g/mol. The monoisotopic (exact) mass is 174 g/mol. The van der Waals surface area contributed by atoms with Crippen molar-refractivity contribution in [1.82, 2.24) is 4.90 Å². The van der Waals surface area contributed by atoms with Gasteiger partial charge in [0.1, 0.15) is 0 Å². The summed E-state index contributed by atoms with van der Waals surface area (Å²) in [4.78, 5) is 2.48. The van der Waals surface area contributed by atoms with Crippen molar-refractivity contribution in [3.63, 3.8) is 0 Å². The average molecular weight is 174 g/mol. The zero-order valence-corrected chi connectivity index (χ0v) is 8.07. The predicted octanol–water partition coefficient (Wildman–Crippen LogP) is 0.773. The molecular formula is C8H18N2S. The fourth-order valence-electron chi connectivity index (χ4n) is 1.51. The van der Waals surface area contributed by atoms with E-state index >= 15 is 0 Å². The van der Waals surface area contributed by atoms with Crippen molar-refractivity contribution in [1.29, 1.82) is 0 Å². The highest BCUT2D eigenvalue weighted by Crippen LogP contribution is 2.08. The molecule has 0 bridgehead atoms. The first kappa shape index (κ1) is 9.36. The number of hydrogen-bond donors (Lipinski definition) is 1. The van der Waals surface area contributed by atoms with Gasteiger partial charge in [-0.25, -0.2) is 0 Å². The van der Waals surface area contributed by atoms with Crippen LogP contribution in [0.1, 0.15) is 12.8 Å². The lowest BCUT2D eigenvalue weighted by Gasteiger charge is -2.30. The van der Waals surface area contributed by atoms with Crippen molar-refractivity contribution in [2.75, 3.05) is 31.6 Å². The lowest BCUT2D eigenvalue weighted by atomic mass is 10.1. The van der Waals surface area contributed by atoms with E-state index in [1.54, 1.807) is 0 Å². The molecule has 1 rings (SSSR count). The summed E-state index contributed by atoms with van der Waals surface area (Å²) in [7, 11) is 0. The van der Waals surface area contributed by atoms with Crippen molar-refractivity contribution in [3.8, 4) is 0 Å². The fraction of sp³-hybridized carbons (Fsp3) is 1.00. The van der Waals surface area contributed by atoms with Crippen LogP contribution in [0.15, 0.2) is 0 Å². The van der Waals surface area contributed by atoms with Crippen LogP contribution in [0.25, 0.3) is 0 Å². The first-order valence-corrected chi connectivity index (χ1v) is 5.69. The van der Waals surface area contributed by atoms with Gasteiger partial charge in [0.2, 0.25) is 0 Å². The second kappa shape index (κ2) is 5.01. The van der Waals surface area contributed by atoms with Gasteiger partial charge in [0.25, 0.3) is 0 Å². The zero-order valence-electron chi connectivity index (χ0n) is 7.25. The van der Waals surface area contributed by atoms with Crippen LogP contribution in [0.5, 0.6) is 0 Å². The van der Waals surface area contributed by atoms with Gasteiger partial charge in [0.05, 0.1) is 0 Å². The molecule has 0 aromatic rings. The Hall–Kier alpha value is 0.270. The molecule has 3 heteroatoms. The van der Waals surface area contributed by atoms with Gasteiger partial charge < -0.3 is 10.6 Å². The van der Waals surface area contributed by atoms with Crippen LogP contribution in [-0.4, -0.2) is 42.6 Å². The Balaban J connectivity index is 2.12. The quantitative estimate of drug-likeness (QED) is 0.685. The molecule has 0 aromatic heterocycles. The van der Waals surface area contributed by atoms with E-state index in [9.17, 15) is 0 Å². The van der Waals surface area contributed by atoms with E-state index in [0.29, 0.717) is 6.04 Å². The van der Waals surface area contributed by atoms with E-state index in [1.807, 2.05) is 11.8 Å². The Morgan fingerprint density at radius 1 is 1.64 bits per heavy atom. The number of rotatable bonds is 3. The largest absolute Gasteiger partial charge is 0.327 e. The standard InChI is InChI=1S/C8H18N2S/c1-11-6-5-10-4-2-3-8(9)7-10/h8H,2-7,9H2,1H3/t8-/m0/s1. The van der Waals surface area contributed by atoms with E-state index < -0.39 is 0 Å². The van der Waals surface area contributed by atoms with Gasteiger partial charge in [-0.1, -0.05) is 0 Å². The summed E-state index contributed by atoms with van der Waals surface area (Å²) in [5, 5.41) is 0. The van der Waals surface area contributed by atoms with Crippen LogP contribution in [0, 0.1) is 0 Å². The highest BCUT2D eigenvalue weighted by Gasteiger charge is 2.15. The molecule has 1 aliphatic rings. The van der Waals surface area contributed by atoms with E-state index in [1.165, 1.54) is 31.7 Å². The molecule has 2 N–H and O–H groups in total. The number of piperidine rings is 1. The molecule has 0 aliphatic carbocycles. The average Bonchev–Trinajstić information content (AvgIpc) is 2.01. The molecule has 0 aromatic carbocycles. The van der Waals surface area contributed by atoms with Gasteiger partial charge in [0, 0.05) is 24.9 Å². The summed E-state index contributed by atoms with van der Waals surface area (Å²) in [5.74, 6) is 1.24. The molecule has 0 radical (unpaired) electrons. The summed E-state index contributed by atoms with van der Waals surface area (Å²) in [5.41, 5.74) is 5.85. The second-order valence-corrected chi connectivity index (χ2v) is 4.18. The van der Waals surface area contributed by atoms with Gasteiger partial charge >= 0.3 is 0 Å². The summed E-state index contributed by atoms with van der Waals surface area (Å²) in [6.45, 7) is 3.59. The molecule has 0 amide bonds. The zero-order chi connectivity index (χ0) is 8.10. The van der Waals surface area contributed by atoms with Crippen LogP contribution in [0.4, 0.5) is 0 Å². The molecule has 1 saturated heterocycles. The Kier molecular flexibility index (Phi) is 4.26. The number of likely N-dealkylation sites (tertiary alicyclic amines) is 1. The van der Waals surface area contributed by atoms with E-state index in [-0.39, 0.29) is 0 Å². The molecule has 1 fully saturated rings. The van der Waals surface area contributed by atoms with Crippen LogP contribution in [-0.2, 0) is 0 Å². The number of nitrogens with two attached hydrogens (primary N) is 1. The third-order valence-corrected chi connectivity index (χ3v) is 2.74. The molecule has 1 heterocycles. The summed E-state index contributed by atoms with van der Waals surface area (Å²) in [6, 6.07) is 0.436. The fourth-order valence-corrected chi connectivity index (χ4v) is 1.96. The third-order valence-electron chi connectivity index (χ3n) is 2.15. The summed E-state index contributed by atoms with van der Waals surface area (Å²) >= 11 is 1.91. The molecule has 0 saturated carbocycles. The van der Waals surface area contributed by atoms with Crippen LogP contribution < -0.4 is 5.73 Å². The van der Waals surface area contributed by atoms with E-state index in [4.69, 9.17) is 5.73 Å². The highest BCUT2D eigenvalue weighted by atomic mass is 32.2. The Morgan fingerprint density at radius 2 is 2.45 bits per heavy atom. The summed E-state index contributed by atoms with van der Waals surface area (Å²) < 4.78 is 0. The van der Waals surface area contributed by atoms with E-state index in [2.05, 4.69) is 11.2 Å². The first-order valence-electron chi connectivity index (χ1n) is 4.30. The molecule has 0 spiro atoms. The van der Waals surface area contributed by atoms with Gasteiger partial charge in [-0.2, -0.15) is 11.8 Å². The topological polar surface area (TPSA) is 29.3 Å².